The number of Topliss-reactive ketones (excluding diaryl/α,β-unsaturated/α-hetero) is 2. The minimum atomic E-state index is 0.204. The number of ether oxygens (including phenoxy) is 2. The predicted molar refractivity (Wildman–Crippen MR) is 184 cm³/mol. The normalized spacial score (nSPS) is 17.3. The summed E-state index contributed by atoms with van der Waals surface area (Å²) in [7, 11) is 1.67. The van der Waals surface area contributed by atoms with Crippen LogP contribution in [0.1, 0.15) is 111 Å². The van der Waals surface area contributed by atoms with Crippen LogP contribution in [0.5, 0.6) is 11.5 Å². The van der Waals surface area contributed by atoms with Gasteiger partial charge < -0.3 is 14.0 Å². The molecular formula is C39H44BrNO4. The predicted octanol–water partition coefficient (Wildman–Crippen LogP) is 10.6. The van der Waals surface area contributed by atoms with E-state index < -0.39 is 0 Å². The molecule has 2 heterocycles. The molecule has 1 aliphatic heterocycles. The highest BCUT2D eigenvalue weighted by Crippen LogP contribution is 2.45. The molecule has 6 rings (SSSR count). The standard InChI is InChI=1S/C39H44BrNO4/c1-44-33-20-22-35(40)30(23-33)26-45-32-18-15-28(16-19-32)39-38(27-11-7-6-8-12-27)34-21-17-29-24-36(34)41(39)25-31(42)13-9-4-2-3-5-10-14-37(29)43/h15-24,27H,2-14,25-26H2,1H3. The van der Waals surface area contributed by atoms with Crippen LogP contribution >= 0.6 is 15.9 Å². The lowest BCUT2D eigenvalue weighted by molar-refractivity contribution is -0.119. The average Bonchev–Trinajstić information content (AvgIpc) is 3.38. The third kappa shape index (κ3) is 7.38. The summed E-state index contributed by atoms with van der Waals surface area (Å²) in [5.74, 6) is 2.47. The molecule has 236 valence electrons. The minimum Gasteiger partial charge on any atom is -0.497 e. The van der Waals surface area contributed by atoms with Crippen molar-refractivity contribution in [2.45, 2.75) is 103 Å². The summed E-state index contributed by atoms with van der Waals surface area (Å²) in [5.41, 5.74) is 6.34. The van der Waals surface area contributed by atoms with Crippen LogP contribution in [0.15, 0.2) is 65.1 Å². The Balaban J connectivity index is 1.40. The Morgan fingerprint density at radius 2 is 1.42 bits per heavy atom. The molecule has 1 fully saturated rings. The van der Waals surface area contributed by atoms with Crippen molar-refractivity contribution in [1.29, 1.82) is 0 Å². The molecule has 0 atom stereocenters. The Kier molecular flexibility index (Phi) is 10.4. The molecule has 0 radical (unpaired) electrons. The summed E-state index contributed by atoms with van der Waals surface area (Å²) in [6.45, 7) is 0.744. The van der Waals surface area contributed by atoms with Crippen molar-refractivity contribution in [3.63, 3.8) is 0 Å². The van der Waals surface area contributed by atoms with Gasteiger partial charge in [0.05, 0.1) is 19.3 Å². The van der Waals surface area contributed by atoms with Gasteiger partial charge in [0.25, 0.3) is 0 Å². The number of hydrogen-bond donors (Lipinski definition) is 0. The van der Waals surface area contributed by atoms with Crippen molar-refractivity contribution < 1.29 is 19.1 Å². The Morgan fingerprint density at radius 3 is 2.18 bits per heavy atom. The summed E-state index contributed by atoms with van der Waals surface area (Å²) >= 11 is 3.62. The molecular weight excluding hydrogens is 626 g/mol. The van der Waals surface area contributed by atoms with E-state index in [0.29, 0.717) is 31.9 Å². The first-order valence-electron chi connectivity index (χ1n) is 16.8. The second-order valence-corrected chi connectivity index (χ2v) is 13.6. The van der Waals surface area contributed by atoms with Gasteiger partial charge in [-0.1, -0.05) is 73.0 Å². The van der Waals surface area contributed by atoms with Crippen molar-refractivity contribution in [2.75, 3.05) is 7.11 Å². The Labute approximate surface area is 275 Å². The van der Waals surface area contributed by atoms with Crippen molar-refractivity contribution in [2.24, 2.45) is 0 Å². The van der Waals surface area contributed by atoms with E-state index in [4.69, 9.17) is 9.47 Å². The van der Waals surface area contributed by atoms with Crippen LogP contribution in [0, 0.1) is 0 Å². The first kappa shape index (κ1) is 31.6. The second-order valence-electron chi connectivity index (χ2n) is 12.8. The van der Waals surface area contributed by atoms with E-state index in [9.17, 15) is 9.59 Å². The van der Waals surface area contributed by atoms with Crippen molar-refractivity contribution >= 4 is 38.4 Å². The van der Waals surface area contributed by atoms with E-state index in [2.05, 4.69) is 44.8 Å². The maximum atomic E-state index is 13.5. The summed E-state index contributed by atoms with van der Waals surface area (Å²) in [5, 5.41) is 1.19. The van der Waals surface area contributed by atoms with Crippen LogP contribution in [-0.4, -0.2) is 23.2 Å². The van der Waals surface area contributed by atoms with Crippen LogP contribution in [0.4, 0.5) is 0 Å². The molecule has 1 aromatic heterocycles. The summed E-state index contributed by atoms with van der Waals surface area (Å²) < 4.78 is 14.8. The molecule has 0 saturated heterocycles. The highest BCUT2D eigenvalue weighted by molar-refractivity contribution is 9.10. The zero-order valence-corrected chi connectivity index (χ0v) is 28.0. The molecule has 45 heavy (non-hydrogen) atoms. The molecule has 4 aromatic rings. The third-order valence-electron chi connectivity index (χ3n) is 9.66. The van der Waals surface area contributed by atoms with Gasteiger partial charge in [-0.25, -0.2) is 0 Å². The van der Waals surface area contributed by atoms with Crippen LogP contribution in [-0.2, 0) is 17.9 Å². The zero-order valence-electron chi connectivity index (χ0n) is 26.4. The summed E-state index contributed by atoms with van der Waals surface area (Å²) in [6, 6.07) is 20.5. The molecule has 3 aromatic carbocycles. The number of benzene rings is 3. The van der Waals surface area contributed by atoms with E-state index in [0.717, 1.165) is 95.2 Å². The number of nitrogens with zero attached hydrogens (tertiary/aromatic N) is 1. The maximum absolute atomic E-state index is 13.5. The lowest BCUT2D eigenvalue weighted by Crippen LogP contribution is -2.12. The number of ketones is 2. The molecule has 0 spiro atoms. The molecule has 0 N–H and O–H groups in total. The quantitative estimate of drug-likeness (QED) is 0.205. The van der Waals surface area contributed by atoms with Gasteiger partial charge >= 0.3 is 0 Å². The fraction of sp³-hybridized carbons (Fsp3) is 0.436. The monoisotopic (exact) mass is 669 g/mol. The SMILES string of the molecule is COc1ccc(Br)c(COc2ccc(-c3c(C4CCCCC4)c4ccc5cc4n3CC(=O)CCCCCCCCC5=O)cc2)c1. The number of halogens is 1. The van der Waals surface area contributed by atoms with E-state index in [1.54, 1.807) is 7.11 Å². The smallest absolute Gasteiger partial charge is 0.162 e. The van der Waals surface area contributed by atoms with Crippen LogP contribution in [0.25, 0.3) is 22.2 Å². The van der Waals surface area contributed by atoms with E-state index in [1.165, 1.54) is 30.2 Å². The van der Waals surface area contributed by atoms with Gasteiger partial charge in [-0.05, 0) is 91.3 Å². The van der Waals surface area contributed by atoms with Crippen LogP contribution < -0.4 is 9.47 Å². The van der Waals surface area contributed by atoms with Crippen molar-refractivity contribution in [3.8, 4) is 22.8 Å². The van der Waals surface area contributed by atoms with E-state index >= 15 is 0 Å². The fourth-order valence-electron chi connectivity index (χ4n) is 7.20. The Morgan fingerprint density at radius 1 is 0.756 bits per heavy atom. The van der Waals surface area contributed by atoms with Gasteiger partial charge in [0, 0.05) is 39.3 Å². The number of aromatic nitrogens is 1. The van der Waals surface area contributed by atoms with Crippen LogP contribution in [0.2, 0.25) is 0 Å². The Bertz CT molecular complexity index is 1650. The number of fused-ring (bicyclic) bond motifs is 1. The third-order valence-corrected chi connectivity index (χ3v) is 10.4. The molecule has 1 saturated carbocycles. The molecule has 2 aliphatic rings. The van der Waals surface area contributed by atoms with Gasteiger partial charge in [0.2, 0.25) is 0 Å². The average molecular weight is 671 g/mol. The van der Waals surface area contributed by atoms with Gasteiger partial charge in [0.15, 0.2) is 11.6 Å². The number of rotatable bonds is 6. The first-order chi connectivity index (χ1) is 22.0. The number of carbonyl (C=O) groups excluding carboxylic acids is 2. The fourth-order valence-corrected chi connectivity index (χ4v) is 7.56. The van der Waals surface area contributed by atoms with Gasteiger partial charge in [0.1, 0.15) is 18.1 Å². The van der Waals surface area contributed by atoms with E-state index in [1.807, 2.05) is 36.4 Å². The Hall–Kier alpha value is -3.38. The number of methoxy groups -OCH3 is 1. The molecule has 1 aliphatic carbocycles. The summed E-state index contributed by atoms with van der Waals surface area (Å²) in [6.07, 6.45) is 13.5. The van der Waals surface area contributed by atoms with Crippen molar-refractivity contribution in [1.82, 2.24) is 4.57 Å². The first-order valence-corrected chi connectivity index (χ1v) is 17.6. The number of hydrogen-bond acceptors (Lipinski definition) is 4. The van der Waals surface area contributed by atoms with Gasteiger partial charge in [-0.3, -0.25) is 9.59 Å². The highest BCUT2D eigenvalue weighted by Gasteiger charge is 2.28. The minimum absolute atomic E-state index is 0.204. The van der Waals surface area contributed by atoms with Gasteiger partial charge in [-0.2, -0.15) is 0 Å². The zero-order chi connectivity index (χ0) is 31.2. The largest absolute Gasteiger partial charge is 0.497 e. The topological polar surface area (TPSA) is 57.5 Å². The lowest BCUT2D eigenvalue weighted by Gasteiger charge is -2.24. The van der Waals surface area contributed by atoms with Crippen LogP contribution in [0.3, 0.4) is 0 Å². The molecule has 2 bridgehead atoms. The highest BCUT2D eigenvalue weighted by atomic mass is 79.9. The van der Waals surface area contributed by atoms with Gasteiger partial charge in [-0.15, -0.1) is 0 Å². The van der Waals surface area contributed by atoms with E-state index in [-0.39, 0.29) is 11.6 Å². The summed E-state index contributed by atoms with van der Waals surface area (Å²) in [4.78, 5) is 26.8. The lowest BCUT2D eigenvalue weighted by atomic mass is 9.81. The van der Waals surface area contributed by atoms with Crippen molar-refractivity contribution in [3.05, 3.63) is 81.8 Å². The molecule has 5 nitrogen and oxygen atoms in total. The molecule has 0 amide bonds. The molecule has 0 unspecified atom stereocenters. The molecule has 6 heteroatoms. The maximum Gasteiger partial charge on any atom is 0.162 e. The second kappa shape index (κ2) is 14.8. The number of carbonyl (C=O) groups is 2.